The zero-order valence-corrected chi connectivity index (χ0v) is 8.55. The maximum atomic E-state index is 13.5. The monoisotopic (exact) mass is 219 g/mol. The molecule has 0 radical (unpaired) electrons. The van der Waals surface area contributed by atoms with Crippen molar-refractivity contribution in [3.63, 3.8) is 0 Å². The molecule has 2 rings (SSSR count). The maximum absolute atomic E-state index is 13.5. The molecule has 1 aliphatic heterocycles. The van der Waals surface area contributed by atoms with E-state index < -0.39 is 11.6 Å². The second-order valence-corrected chi connectivity index (χ2v) is 3.61. The number of hydrogen-bond acceptors (Lipinski definition) is 2. The number of allylic oxidation sites excluding steroid dienone is 1. The second-order valence-electron chi connectivity index (χ2n) is 3.61. The van der Waals surface area contributed by atoms with Gasteiger partial charge in [-0.25, -0.2) is 4.39 Å². The summed E-state index contributed by atoms with van der Waals surface area (Å²) < 4.78 is 13.5. The van der Waals surface area contributed by atoms with Crippen molar-refractivity contribution in [1.29, 1.82) is 0 Å². The number of fused-ring (bicyclic) bond motifs is 1. The van der Waals surface area contributed by atoms with E-state index in [1.54, 1.807) is 0 Å². The van der Waals surface area contributed by atoms with Crippen LogP contribution in [0.3, 0.4) is 0 Å². The van der Waals surface area contributed by atoms with E-state index >= 15 is 0 Å². The van der Waals surface area contributed by atoms with E-state index in [0.717, 1.165) is 11.6 Å². The van der Waals surface area contributed by atoms with Gasteiger partial charge >= 0.3 is 0 Å². The van der Waals surface area contributed by atoms with Gasteiger partial charge in [0, 0.05) is 12.1 Å². The van der Waals surface area contributed by atoms with Crippen molar-refractivity contribution >= 4 is 17.4 Å². The number of hydrogen-bond donors (Lipinski definition) is 1. The fraction of sp³-hybridized carbons (Fsp3) is 0.167. The molecule has 82 valence electrons. The molecule has 16 heavy (non-hydrogen) atoms. The summed E-state index contributed by atoms with van der Waals surface area (Å²) in [7, 11) is 0. The summed E-state index contributed by atoms with van der Waals surface area (Å²) in [4.78, 5) is 22.4. The number of anilines is 1. The molecule has 3 nitrogen and oxygen atoms in total. The average molecular weight is 219 g/mol. The molecule has 0 bridgehead atoms. The lowest BCUT2D eigenvalue weighted by Crippen LogP contribution is -2.19. The van der Waals surface area contributed by atoms with Crippen molar-refractivity contribution in [2.75, 3.05) is 5.32 Å². The van der Waals surface area contributed by atoms with Crippen LogP contribution < -0.4 is 5.32 Å². The van der Waals surface area contributed by atoms with Crippen molar-refractivity contribution in [1.82, 2.24) is 0 Å². The Labute approximate surface area is 92.0 Å². The number of benzene rings is 1. The molecular weight excluding hydrogens is 209 g/mol. The Bertz CT molecular complexity index is 494. The predicted octanol–water partition coefficient (Wildman–Crippen LogP) is 2.08. The highest BCUT2D eigenvalue weighted by atomic mass is 19.1. The van der Waals surface area contributed by atoms with Gasteiger partial charge < -0.3 is 5.32 Å². The molecule has 4 heteroatoms. The van der Waals surface area contributed by atoms with Crippen LogP contribution in [0.1, 0.15) is 22.3 Å². The summed E-state index contributed by atoms with van der Waals surface area (Å²) in [5.41, 5.74) is 1.24. The van der Waals surface area contributed by atoms with Crippen molar-refractivity contribution in [2.24, 2.45) is 0 Å². The Morgan fingerprint density at radius 2 is 2.19 bits per heavy atom. The normalized spacial score (nSPS) is 13.9. The van der Waals surface area contributed by atoms with E-state index in [-0.39, 0.29) is 11.5 Å². The SMILES string of the molecule is C=CC(=O)c1cc2c(cc1F)NC(=O)CC2. The fourth-order valence-corrected chi connectivity index (χ4v) is 1.70. The summed E-state index contributed by atoms with van der Waals surface area (Å²) in [5.74, 6) is -1.21. The molecule has 0 saturated carbocycles. The van der Waals surface area contributed by atoms with E-state index in [1.165, 1.54) is 12.1 Å². The molecule has 0 aromatic heterocycles. The van der Waals surface area contributed by atoms with Crippen molar-refractivity contribution in [3.8, 4) is 0 Å². The van der Waals surface area contributed by atoms with Crippen LogP contribution in [0.4, 0.5) is 10.1 Å². The van der Waals surface area contributed by atoms with Gasteiger partial charge in [-0.05, 0) is 30.2 Å². The van der Waals surface area contributed by atoms with Crippen LogP contribution in [-0.4, -0.2) is 11.7 Å². The van der Waals surface area contributed by atoms with Crippen molar-refractivity contribution in [2.45, 2.75) is 12.8 Å². The number of nitrogens with one attached hydrogen (secondary N) is 1. The smallest absolute Gasteiger partial charge is 0.224 e. The molecule has 1 amide bonds. The van der Waals surface area contributed by atoms with Crippen LogP contribution in [0.25, 0.3) is 0 Å². The summed E-state index contributed by atoms with van der Waals surface area (Å²) in [6, 6.07) is 2.66. The first-order valence-electron chi connectivity index (χ1n) is 4.91. The minimum Gasteiger partial charge on any atom is -0.326 e. The van der Waals surface area contributed by atoms with Gasteiger partial charge in [0.05, 0.1) is 5.56 Å². The lowest BCUT2D eigenvalue weighted by Gasteiger charge is -2.17. The standard InChI is InChI=1S/C12H10FNO2/c1-2-11(15)8-5-7-3-4-12(16)14-10(7)6-9(8)13/h2,5-6H,1,3-4H2,(H,14,16). The molecule has 0 atom stereocenters. The lowest BCUT2D eigenvalue weighted by molar-refractivity contribution is -0.116. The first-order valence-corrected chi connectivity index (χ1v) is 4.91. The quantitative estimate of drug-likeness (QED) is 0.611. The van der Waals surface area contributed by atoms with Crippen LogP contribution >= 0.6 is 0 Å². The van der Waals surface area contributed by atoms with Gasteiger partial charge in [0.1, 0.15) is 5.82 Å². The van der Waals surface area contributed by atoms with Crippen LogP contribution in [0.5, 0.6) is 0 Å². The first kappa shape index (κ1) is 10.5. The molecular formula is C12H10FNO2. The van der Waals surface area contributed by atoms with E-state index in [0.29, 0.717) is 18.5 Å². The molecule has 0 aliphatic carbocycles. The van der Waals surface area contributed by atoms with Gasteiger partial charge in [-0.15, -0.1) is 0 Å². The summed E-state index contributed by atoms with van der Waals surface area (Å²) in [6.45, 7) is 3.32. The van der Waals surface area contributed by atoms with E-state index in [9.17, 15) is 14.0 Å². The molecule has 1 heterocycles. The molecule has 0 saturated heterocycles. The Morgan fingerprint density at radius 1 is 1.44 bits per heavy atom. The Kier molecular flexibility index (Phi) is 2.56. The number of ketones is 1. The lowest BCUT2D eigenvalue weighted by atomic mass is 9.98. The first-order chi connectivity index (χ1) is 7.61. The number of rotatable bonds is 2. The molecule has 0 spiro atoms. The van der Waals surface area contributed by atoms with Gasteiger partial charge in [-0.2, -0.15) is 0 Å². The molecule has 1 aromatic carbocycles. The van der Waals surface area contributed by atoms with Crippen LogP contribution in [0, 0.1) is 5.82 Å². The van der Waals surface area contributed by atoms with Gasteiger partial charge in [0.15, 0.2) is 5.78 Å². The van der Waals surface area contributed by atoms with E-state index in [2.05, 4.69) is 11.9 Å². The largest absolute Gasteiger partial charge is 0.326 e. The topological polar surface area (TPSA) is 46.2 Å². The van der Waals surface area contributed by atoms with E-state index in [1.807, 2.05) is 0 Å². The van der Waals surface area contributed by atoms with E-state index in [4.69, 9.17) is 0 Å². The second kappa shape index (κ2) is 3.89. The summed E-state index contributed by atoms with van der Waals surface area (Å²) in [5, 5.41) is 2.57. The third kappa shape index (κ3) is 1.74. The molecule has 1 aromatic rings. The number of carbonyl (C=O) groups excluding carboxylic acids is 2. The molecule has 1 aliphatic rings. The number of carbonyl (C=O) groups is 2. The predicted molar refractivity (Wildman–Crippen MR) is 57.9 cm³/mol. The summed E-state index contributed by atoms with van der Waals surface area (Å²) in [6.07, 6.45) is 1.96. The zero-order chi connectivity index (χ0) is 11.7. The highest BCUT2D eigenvalue weighted by molar-refractivity contribution is 6.05. The highest BCUT2D eigenvalue weighted by Gasteiger charge is 2.19. The van der Waals surface area contributed by atoms with Crippen LogP contribution in [-0.2, 0) is 11.2 Å². The van der Waals surface area contributed by atoms with Gasteiger partial charge in [-0.1, -0.05) is 6.58 Å². The highest BCUT2D eigenvalue weighted by Crippen LogP contribution is 2.26. The van der Waals surface area contributed by atoms with Gasteiger partial charge in [-0.3, -0.25) is 9.59 Å². The molecule has 1 N–H and O–H groups in total. The number of amides is 1. The zero-order valence-electron chi connectivity index (χ0n) is 8.55. The fourth-order valence-electron chi connectivity index (χ4n) is 1.70. The summed E-state index contributed by atoms with van der Waals surface area (Å²) >= 11 is 0. The molecule has 0 unspecified atom stereocenters. The number of aryl methyl sites for hydroxylation is 1. The van der Waals surface area contributed by atoms with Gasteiger partial charge in [0.2, 0.25) is 5.91 Å². The number of halogens is 1. The van der Waals surface area contributed by atoms with Crippen molar-refractivity contribution in [3.05, 3.63) is 41.7 Å². The van der Waals surface area contributed by atoms with Crippen molar-refractivity contribution < 1.29 is 14.0 Å². The minimum absolute atomic E-state index is 0.00454. The Hall–Kier alpha value is -1.97. The van der Waals surface area contributed by atoms with Gasteiger partial charge in [0.25, 0.3) is 0 Å². The molecule has 0 fully saturated rings. The minimum atomic E-state index is -0.633. The average Bonchev–Trinajstić information content (AvgIpc) is 2.27. The van der Waals surface area contributed by atoms with Crippen LogP contribution in [0.15, 0.2) is 24.8 Å². The van der Waals surface area contributed by atoms with Crippen LogP contribution in [0.2, 0.25) is 0 Å². The maximum Gasteiger partial charge on any atom is 0.224 e. The third-order valence-corrected chi connectivity index (χ3v) is 2.54. The Morgan fingerprint density at radius 3 is 2.88 bits per heavy atom. The third-order valence-electron chi connectivity index (χ3n) is 2.54. The Balaban J connectivity index is 2.49.